The Morgan fingerprint density at radius 2 is 0.873 bits per heavy atom. The fourth-order valence-corrected chi connectivity index (χ4v) is 17.4. The number of nitrogens with zero attached hydrogens (tertiary/aromatic N) is 2. The van der Waals surface area contributed by atoms with Crippen LogP contribution in [-0.2, 0) is 16.2 Å². The number of fused-ring (bicyclic) bond motifs is 7. The van der Waals surface area contributed by atoms with E-state index in [-0.39, 0.29) is 23.0 Å². The smallest absolute Gasteiger partial charge is 0.252 e. The average Bonchev–Trinajstić information content (AvgIpc) is 3.65. The zero-order valence-electron chi connectivity index (χ0n) is 43.0. The van der Waals surface area contributed by atoms with Gasteiger partial charge in [0.1, 0.15) is 0 Å². The highest BCUT2D eigenvalue weighted by atomic mass is 28.3. The van der Waals surface area contributed by atoms with Gasteiger partial charge in [0.2, 0.25) is 0 Å². The highest BCUT2D eigenvalue weighted by Crippen LogP contribution is 2.49. The lowest BCUT2D eigenvalue weighted by molar-refractivity contribution is 0.590. The van der Waals surface area contributed by atoms with Gasteiger partial charge in [0.05, 0.1) is 5.69 Å². The Kier molecular flexibility index (Phi) is 10.3. The number of rotatable bonds is 5. The topological polar surface area (TPSA) is 6.48 Å². The van der Waals surface area contributed by atoms with Crippen LogP contribution in [0, 0.1) is 6.92 Å². The lowest BCUT2D eigenvalue weighted by Gasteiger charge is -2.45. The molecule has 9 aromatic rings. The molecule has 0 aliphatic carbocycles. The molecule has 0 fully saturated rings. The second kappa shape index (κ2) is 16.2. The van der Waals surface area contributed by atoms with Gasteiger partial charge in [-0.3, -0.25) is 0 Å². The molecule has 12 rings (SSSR count). The molecule has 0 saturated heterocycles. The predicted molar refractivity (Wildman–Crippen MR) is 309 cm³/mol. The number of benzene rings is 9. The minimum atomic E-state index is -2.87. The molecule has 71 heavy (non-hydrogen) atoms. The van der Waals surface area contributed by atoms with E-state index in [0.29, 0.717) is 0 Å². The molecule has 9 aromatic carbocycles. The quantitative estimate of drug-likeness (QED) is 0.159. The SMILES string of the molecule is Cc1cc2c3c(c1)N(c1ccc(C(C)(C)C)cc1-c1ccccc1)c1cc4c(cc1B3c1cc(C(C)(C)C)ccc1N2c1ccc(C(C)(C)C)cc1)[Si](c1ccccc1)(c1ccccc1)c1ccccc1-4. The zero-order valence-corrected chi connectivity index (χ0v) is 44.0. The molecule has 0 unspecified atom stereocenters. The maximum Gasteiger partial charge on any atom is 0.252 e. The third kappa shape index (κ3) is 7.04. The Morgan fingerprint density at radius 3 is 1.48 bits per heavy atom. The summed E-state index contributed by atoms with van der Waals surface area (Å²) >= 11 is 0. The first kappa shape index (κ1) is 45.0. The van der Waals surface area contributed by atoms with Crippen LogP contribution in [-0.4, -0.2) is 14.8 Å². The summed E-state index contributed by atoms with van der Waals surface area (Å²) in [5.41, 5.74) is 21.7. The number of anilines is 6. The van der Waals surface area contributed by atoms with Crippen LogP contribution >= 0.6 is 0 Å². The molecular weight excluding hydrogens is 872 g/mol. The van der Waals surface area contributed by atoms with Crippen LogP contribution in [0.4, 0.5) is 34.1 Å². The van der Waals surface area contributed by atoms with E-state index in [2.05, 4.69) is 279 Å². The number of hydrogen-bond donors (Lipinski definition) is 0. The molecule has 0 aromatic heterocycles. The van der Waals surface area contributed by atoms with Crippen LogP contribution in [0.15, 0.2) is 200 Å². The van der Waals surface area contributed by atoms with Gasteiger partial charge in [0, 0.05) is 34.0 Å². The van der Waals surface area contributed by atoms with Crippen molar-refractivity contribution in [2.75, 3.05) is 9.80 Å². The van der Waals surface area contributed by atoms with E-state index in [1.165, 1.54) is 116 Å². The standard InChI is InChI=1S/C67H63BN2Si/c1-44-38-60-64-61(39-44)70(57-36-32-47(66(5,6)7)40-53(57)45-22-14-11-15-23-45)59-42-54-52-28-20-21-29-62(52)71(50-24-16-12-17-25-50,51-26-18-13-19-27-51)63(54)43-56(59)68(64)55-41-48(67(8,9)10)33-37-58(55)69(60)49-34-30-46(31-35-49)65(2,3)4/h11-43H,1-10H3. The maximum atomic E-state index is 2.72. The van der Waals surface area contributed by atoms with Crippen molar-refractivity contribution in [2.45, 2.75) is 85.5 Å². The number of aryl methyl sites for hydroxylation is 1. The van der Waals surface area contributed by atoms with Crippen molar-refractivity contribution in [3.63, 3.8) is 0 Å². The van der Waals surface area contributed by atoms with Gasteiger partial charge in [0.15, 0.2) is 8.07 Å². The lowest BCUT2D eigenvalue weighted by atomic mass is 9.33. The van der Waals surface area contributed by atoms with Crippen LogP contribution in [0.5, 0.6) is 0 Å². The molecule has 0 spiro atoms. The fourth-order valence-electron chi connectivity index (χ4n) is 12.2. The summed E-state index contributed by atoms with van der Waals surface area (Å²) < 4.78 is 0. The summed E-state index contributed by atoms with van der Waals surface area (Å²) in [6.45, 7) is 23.2. The monoisotopic (exact) mass is 934 g/mol. The molecule has 0 amide bonds. The second-order valence-electron chi connectivity index (χ2n) is 23.5. The van der Waals surface area contributed by atoms with Gasteiger partial charge in [-0.05, 0) is 148 Å². The Bertz CT molecular complexity index is 3500. The molecule has 3 aliphatic rings. The molecule has 0 atom stereocenters. The maximum absolute atomic E-state index is 2.87. The minimum Gasteiger partial charge on any atom is -0.311 e. The van der Waals surface area contributed by atoms with Crippen molar-refractivity contribution in [3.8, 4) is 22.3 Å². The Balaban J connectivity index is 1.24. The molecule has 0 bridgehead atoms. The Labute approximate surface area is 423 Å². The normalized spacial score (nSPS) is 14.4. The molecule has 0 saturated carbocycles. The summed E-state index contributed by atoms with van der Waals surface area (Å²) in [7, 11) is -2.87. The van der Waals surface area contributed by atoms with Gasteiger partial charge in [-0.15, -0.1) is 0 Å². The van der Waals surface area contributed by atoms with Crippen molar-refractivity contribution >= 4 is 86.0 Å². The highest BCUT2D eigenvalue weighted by Gasteiger charge is 2.52. The molecule has 2 nitrogen and oxygen atoms in total. The van der Waals surface area contributed by atoms with E-state index in [1.807, 2.05) is 0 Å². The van der Waals surface area contributed by atoms with Crippen molar-refractivity contribution in [3.05, 3.63) is 222 Å². The van der Waals surface area contributed by atoms with Crippen LogP contribution in [0.3, 0.4) is 0 Å². The summed E-state index contributed by atoms with van der Waals surface area (Å²) in [4.78, 5) is 5.25. The van der Waals surface area contributed by atoms with Crippen LogP contribution in [0.25, 0.3) is 22.3 Å². The molecule has 0 radical (unpaired) electrons. The minimum absolute atomic E-state index is 0.0364. The van der Waals surface area contributed by atoms with Gasteiger partial charge < -0.3 is 9.80 Å². The van der Waals surface area contributed by atoms with Gasteiger partial charge in [-0.2, -0.15) is 0 Å². The van der Waals surface area contributed by atoms with Crippen LogP contribution < -0.4 is 46.9 Å². The van der Waals surface area contributed by atoms with Crippen molar-refractivity contribution in [1.82, 2.24) is 0 Å². The van der Waals surface area contributed by atoms with Gasteiger partial charge in [0.25, 0.3) is 6.71 Å². The average molecular weight is 935 g/mol. The summed E-state index contributed by atoms with van der Waals surface area (Å²) in [5, 5.41) is 5.75. The first-order valence-electron chi connectivity index (χ1n) is 25.6. The Hall–Kier alpha value is -7.14. The third-order valence-corrected chi connectivity index (χ3v) is 20.7. The predicted octanol–water partition coefficient (Wildman–Crippen LogP) is 13.0. The summed E-state index contributed by atoms with van der Waals surface area (Å²) in [6.07, 6.45) is 0. The number of hydrogen-bond acceptors (Lipinski definition) is 2. The Morgan fingerprint density at radius 1 is 0.366 bits per heavy atom. The zero-order chi connectivity index (χ0) is 49.2. The van der Waals surface area contributed by atoms with E-state index in [9.17, 15) is 0 Å². The molecule has 3 aliphatic heterocycles. The molecule has 348 valence electrons. The van der Waals surface area contributed by atoms with Crippen molar-refractivity contribution < 1.29 is 0 Å². The molecule has 4 heteroatoms. The summed E-state index contributed by atoms with van der Waals surface area (Å²) in [5.74, 6) is 0. The first-order chi connectivity index (χ1) is 34.0. The summed E-state index contributed by atoms with van der Waals surface area (Å²) in [6, 6.07) is 77.8. The largest absolute Gasteiger partial charge is 0.311 e. The first-order valence-corrected chi connectivity index (χ1v) is 27.6. The molecule has 0 N–H and O–H groups in total. The van der Waals surface area contributed by atoms with Crippen LogP contribution in [0.1, 0.15) is 84.6 Å². The van der Waals surface area contributed by atoms with Gasteiger partial charge in [-0.25, -0.2) is 0 Å². The van der Waals surface area contributed by atoms with Crippen molar-refractivity contribution in [1.29, 1.82) is 0 Å². The van der Waals surface area contributed by atoms with Crippen LogP contribution in [0.2, 0.25) is 0 Å². The van der Waals surface area contributed by atoms with Crippen molar-refractivity contribution in [2.24, 2.45) is 0 Å². The fraction of sp³-hybridized carbons (Fsp3) is 0.194. The van der Waals surface area contributed by atoms with Gasteiger partial charge >= 0.3 is 0 Å². The third-order valence-electron chi connectivity index (χ3n) is 15.8. The van der Waals surface area contributed by atoms with E-state index in [4.69, 9.17) is 0 Å². The molecular formula is C67H63BN2Si. The van der Waals surface area contributed by atoms with E-state index < -0.39 is 8.07 Å². The lowest BCUT2D eigenvalue weighted by Crippen LogP contribution is -2.73. The van der Waals surface area contributed by atoms with Gasteiger partial charge in [-0.1, -0.05) is 214 Å². The van der Waals surface area contributed by atoms with E-state index in [0.717, 1.165) is 0 Å². The van der Waals surface area contributed by atoms with E-state index in [1.54, 1.807) is 0 Å². The highest BCUT2D eigenvalue weighted by molar-refractivity contribution is 7.22. The molecule has 3 heterocycles. The second-order valence-corrected chi connectivity index (χ2v) is 27.2. The van der Waals surface area contributed by atoms with E-state index >= 15 is 0 Å².